The van der Waals surface area contributed by atoms with E-state index in [9.17, 15) is 14.4 Å². The highest BCUT2D eigenvalue weighted by atomic mass is 32.1. The summed E-state index contributed by atoms with van der Waals surface area (Å²) in [6.07, 6.45) is 0.814. The van der Waals surface area contributed by atoms with E-state index in [1.165, 1.54) is 16.8 Å². The van der Waals surface area contributed by atoms with Gasteiger partial charge in [0.25, 0.3) is 11.1 Å². The number of rotatable bonds is 5. The van der Waals surface area contributed by atoms with Gasteiger partial charge in [-0.3, -0.25) is 19.5 Å². The number of hydrogen-bond donors (Lipinski definition) is 2. The van der Waals surface area contributed by atoms with Crippen molar-refractivity contribution in [1.29, 1.82) is 0 Å². The molecule has 0 bridgehead atoms. The summed E-state index contributed by atoms with van der Waals surface area (Å²) in [5, 5.41) is 7.34. The highest BCUT2D eigenvalue weighted by Crippen LogP contribution is 2.65. The van der Waals surface area contributed by atoms with Crippen LogP contribution in [0.5, 0.6) is 0 Å². The number of hydrogen-bond acceptors (Lipinski definition) is 4. The van der Waals surface area contributed by atoms with Crippen molar-refractivity contribution in [1.82, 2.24) is 15.1 Å². The molecular weight excluding hydrogens is 314 g/mol. The molecule has 7 heteroatoms. The van der Waals surface area contributed by atoms with Crippen LogP contribution in [0.2, 0.25) is 0 Å². The summed E-state index contributed by atoms with van der Waals surface area (Å²) in [6.45, 7) is 4.71. The quantitative estimate of drug-likeness (QED) is 0.859. The summed E-state index contributed by atoms with van der Waals surface area (Å²) in [5.41, 5.74) is -1.18. The first-order valence-corrected chi connectivity index (χ1v) is 8.37. The van der Waals surface area contributed by atoms with Crippen LogP contribution < -0.4 is 16.4 Å². The Labute approximate surface area is 137 Å². The lowest BCUT2D eigenvalue weighted by Crippen LogP contribution is -2.40. The molecule has 2 N–H and O–H groups in total. The Kier molecular flexibility index (Phi) is 3.75. The SMILES string of the molecule is CC1(C)CC1(C(=O)NCCn1[nH]c(=O)ccc1=O)c1cccs1. The average Bonchev–Trinajstić information content (AvgIpc) is 2.89. The van der Waals surface area contributed by atoms with E-state index in [0.29, 0.717) is 6.54 Å². The standard InChI is InChI=1S/C16H19N3O3S/c1-15(2)10-16(15,11-4-3-9-23-11)14(22)17-7-8-19-13(21)6-5-12(20)18-19/h3-6,9H,7-8,10H2,1-2H3,(H,17,22)(H,18,20). The lowest BCUT2D eigenvalue weighted by atomic mass is 9.93. The second-order valence-corrected chi connectivity index (χ2v) is 7.45. The van der Waals surface area contributed by atoms with E-state index in [4.69, 9.17) is 0 Å². The molecule has 1 unspecified atom stereocenters. The average molecular weight is 333 g/mol. The molecule has 122 valence electrons. The van der Waals surface area contributed by atoms with E-state index in [-0.39, 0.29) is 29.0 Å². The van der Waals surface area contributed by atoms with Gasteiger partial charge in [0.15, 0.2) is 0 Å². The summed E-state index contributed by atoms with van der Waals surface area (Å²) >= 11 is 1.59. The number of H-pyrrole nitrogens is 1. The number of carbonyl (C=O) groups is 1. The van der Waals surface area contributed by atoms with Gasteiger partial charge in [-0.25, -0.2) is 4.68 Å². The molecule has 0 radical (unpaired) electrons. The van der Waals surface area contributed by atoms with E-state index in [1.807, 2.05) is 17.5 Å². The predicted octanol–water partition coefficient (Wildman–Crippen LogP) is 1.08. The van der Waals surface area contributed by atoms with Gasteiger partial charge in [0.05, 0.1) is 12.0 Å². The number of nitrogens with zero attached hydrogens (tertiary/aromatic N) is 1. The first-order chi connectivity index (χ1) is 10.9. The van der Waals surface area contributed by atoms with Crippen molar-refractivity contribution in [3.63, 3.8) is 0 Å². The molecule has 1 saturated carbocycles. The maximum atomic E-state index is 12.7. The number of carbonyl (C=O) groups excluding carboxylic acids is 1. The lowest BCUT2D eigenvalue weighted by molar-refractivity contribution is -0.124. The third kappa shape index (κ3) is 2.65. The Bertz CT molecular complexity index is 835. The Hall–Kier alpha value is -2.15. The molecule has 1 fully saturated rings. The van der Waals surface area contributed by atoms with Crippen molar-refractivity contribution in [3.05, 3.63) is 55.2 Å². The molecule has 1 atom stereocenters. The zero-order valence-electron chi connectivity index (χ0n) is 13.1. The molecule has 0 spiro atoms. The minimum absolute atomic E-state index is 0.0173. The molecule has 2 aromatic heterocycles. The molecule has 0 aromatic carbocycles. The van der Waals surface area contributed by atoms with Crippen LogP contribution in [0.3, 0.4) is 0 Å². The van der Waals surface area contributed by atoms with Crippen molar-refractivity contribution in [2.45, 2.75) is 32.2 Å². The van der Waals surface area contributed by atoms with Crippen LogP contribution >= 0.6 is 11.3 Å². The van der Waals surface area contributed by atoms with Crippen LogP contribution in [0.25, 0.3) is 0 Å². The van der Waals surface area contributed by atoms with Crippen molar-refractivity contribution >= 4 is 17.2 Å². The van der Waals surface area contributed by atoms with Crippen molar-refractivity contribution in [2.24, 2.45) is 5.41 Å². The maximum absolute atomic E-state index is 12.7. The normalized spacial score (nSPS) is 21.8. The summed E-state index contributed by atoms with van der Waals surface area (Å²) in [5.74, 6) is -0.0173. The Morgan fingerprint density at radius 3 is 2.70 bits per heavy atom. The molecule has 0 aliphatic heterocycles. The molecule has 23 heavy (non-hydrogen) atoms. The first kappa shape index (κ1) is 15.7. The monoisotopic (exact) mass is 333 g/mol. The van der Waals surface area contributed by atoms with Crippen LogP contribution in [-0.4, -0.2) is 22.2 Å². The van der Waals surface area contributed by atoms with E-state index >= 15 is 0 Å². The van der Waals surface area contributed by atoms with Crippen molar-refractivity contribution in [3.8, 4) is 0 Å². The highest BCUT2D eigenvalue weighted by molar-refractivity contribution is 7.10. The van der Waals surface area contributed by atoms with Crippen molar-refractivity contribution in [2.75, 3.05) is 6.54 Å². The minimum atomic E-state index is -0.476. The fraction of sp³-hybridized carbons (Fsp3) is 0.438. The number of thiophene rings is 1. The number of nitrogens with one attached hydrogen (secondary N) is 2. The maximum Gasteiger partial charge on any atom is 0.265 e. The smallest absolute Gasteiger partial charge is 0.265 e. The van der Waals surface area contributed by atoms with Crippen molar-refractivity contribution < 1.29 is 4.79 Å². The largest absolute Gasteiger partial charge is 0.353 e. The van der Waals surface area contributed by atoms with E-state index < -0.39 is 5.41 Å². The minimum Gasteiger partial charge on any atom is -0.353 e. The molecular formula is C16H19N3O3S. The highest BCUT2D eigenvalue weighted by Gasteiger charge is 2.67. The van der Waals surface area contributed by atoms with Gasteiger partial charge in [0.1, 0.15) is 0 Å². The third-order valence-electron chi connectivity index (χ3n) is 4.58. The first-order valence-electron chi connectivity index (χ1n) is 7.49. The zero-order valence-corrected chi connectivity index (χ0v) is 13.9. The predicted molar refractivity (Wildman–Crippen MR) is 88.7 cm³/mol. The van der Waals surface area contributed by atoms with Gasteiger partial charge in [-0.15, -0.1) is 11.3 Å². The van der Waals surface area contributed by atoms with Gasteiger partial charge in [-0.05, 0) is 23.3 Å². The van der Waals surface area contributed by atoms with Gasteiger partial charge < -0.3 is 5.32 Å². The zero-order chi connectivity index (χ0) is 16.7. The van der Waals surface area contributed by atoms with Crippen LogP contribution in [0.4, 0.5) is 0 Å². The Morgan fingerprint density at radius 2 is 2.09 bits per heavy atom. The van der Waals surface area contributed by atoms with Gasteiger partial charge in [0, 0.05) is 23.6 Å². The third-order valence-corrected chi connectivity index (χ3v) is 5.61. The second-order valence-electron chi connectivity index (χ2n) is 6.50. The molecule has 1 amide bonds. The molecule has 2 aromatic rings. The van der Waals surface area contributed by atoms with Gasteiger partial charge in [-0.1, -0.05) is 19.9 Å². The molecule has 1 aliphatic carbocycles. The van der Waals surface area contributed by atoms with E-state index in [1.54, 1.807) is 11.3 Å². The molecule has 0 saturated heterocycles. The summed E-state index contributed by atoms with van der Waals surface area (Å²) < 4.78 is 1.21. The molecule has 6 nitrogen and oxygen atoms in total. The molecule has 3 rings (SSSR count). The molecule has 1 aliphatic rings. The fourth-order valence-corrected chi connectivity index (χ4v) is 4.22. The van der Waals surface area contributed by atoms with Gasteiger partial charge in [0.2, 0.25) is 5.91 Å². The van der Waals surface area contributed by atoms with Crippen LogP contribution in [-0.2, 0) is 16.8 Å². The lowest BCUT2D eigenvalue weighted by Gasteiger charge is -2.19. The summed E-state index contributed by atoms with van der Waals surface area (Å²) in [4.78, 5) is 36.7. The van der Waals surface area contributed by atoms with Gasteiger partial charge >= 0.3 is 0 Å². The number of amides is 1. The summed E-state index contributed by atoms with van der Waals surface area (Å²) in [6, 6.07) is 6.36. The van der Waals surface area contributed by atoms with E-state index in [2.05, 4.69) is 24.3 Å². The topological polar surface area (TPSA) is 84.0 Å². The van der Waals surface area contributed by atoms with Crippen LogP contribution in [0, 0.1) is 5.41 Å². The molecule has 2 heterocycles. The Morgan fingerprint density at radius 1 is 1.35 bits per heavy atom. The van der Waals surface area contributed by atoms with Crippen LogP contribution in [0.15, 0.2) is 39.2 Å². The fourth-order valence-electron chi connectivity index (χ4n) is 3.12. The number of aromatic amines is 1. The Balaban J connectivity index is 1.69. The van der Waals surface area contributed by atoms with Crippen LogP contribution in [0.1, 0.15) is 25.1 Å². The van der Waals surface area contributed by atoms with Gasteiger partial charge in [-0.2, -0.15) is 0 Å². The summed E-state index contributed by atoms with van der Waals surface area (Å²) in [7, 11) is 0. The van der Waals surface area contributed by atoms with E-state index in [0.717, 1.165) is 11.3 Å². The number of aromatic nitrogens is 2. The second kappa shape index (κ2) is 5.49.